The Kier molecular flexibility index (Phi) is 3.23. The second-order valence-electron chi connectivity index (χ2n) is 3.97. The van der Waals surface area contributed by atoms with E-state index in [9.17, 15) is 4.79 Å². The average molecular weight is 289 g/mol. The van der Waals surface area contributed by atoms with Crippen molar-refractivity contribution in [1.29, 1.82) is 0 Å². The Morgan fingerprint density at radius 1 is 1.05 bits per heavy atom. The van der Waals surface area contributed by atoms with E-state index in [0.717, 1.165) is 16.4 Å². The maximum atomic E-state index is 11.2. The zero-order valence-electron chi connectivity index (χ0n) is 9.80. The first-order valence-electron chi connectivity index (χ1n) is 5.68. The lowest BCUT2D eigenvalue weighted by Gasteiger charge is -2.05. The summed E-state index contributed by atoms with van der Waals surface area (Å²) in [6, 6.07) is 14.9. The van der Waals surface area contributed by atoms with Crippen molar-refractivity contribution in [2.75, 3.05) is 0 Å². The molecule has 0 amide bonds. The fraction of sp³-hybridized carbons (Fsp3) is 0. The van der Waals surface area contributed by atoms with Crippen molar-refractivity contribution in [2.24, 2.45) is 0 Å². The molecule has 0 saturated carbocycles. The van der Waals surface area contributed by atoms with E-state index in [2.05, 4.69) is 0 Å². The van der Waals surface area contributed by atoms with Crippen LogP contribution in [0.5, 0.6) is 11.5 Å². The van der Waals surface area contributed by atoms with Gasteiger partial charge in [-0.25, -0.2) is 0 Å². The Morgan fingerprint density at radius 2 is 1.79 bits per heavy atom. The maximum Gasteiger partial charge on any atom is 0.163 e. The molecule has 2 aromatic carbocycles. The third-order valence-electron chi connectivity index (χ3n) is 2.72. The zero-order valence-corrected chi connectivity index (χ0v) is 11.4. The quantitative estimate of drug-likeness (QED) is 0.622. The van der Waals surface area contributed by atoms with E-state index < -0.39 is 0 Å². The number of halogens is 1. The van der Waals surface area contributed by atoms with Crippen LogP contribution in [0.4, 0.5) is 0 Å². The number of rotatable bonds is 3. The molecule has 0 aliphatic heterocycles. The van der Waals surface area contributed by atoms with Crippen molar-refractivity contribution in [2.45, 2.75) is 0 Å². The molecule has 1 aromatic heterocycles. The third kappa shape index (κ3) is 2.35. The lowest BCUT2D eigenvalue weighted by atomic mass is 10.2. The van der Waals surface area contributed by atoms with Gasteiger partial charge < -0.3 is 4.74 Å². The normalized spacial score (nSPS) is 10.6. The largest absolute Gasteiger partial charge is 0.455 e. The Bertz CT molecular complexity index is 731. The van der Waals surface area contributed by atoms with Crippen LogP contribution in [0.15, 0.2) is 48.5 Å². The van der Waals surface area contributed by atoms with Crippen molar-refractivity contribution in [3.63, 3.8) is 0 Å². The minimum Gasteiger partial charge on any atom is -0.455 e. The summed E-state index contributed by atoms with van der Waals surface area (Å²) < 4.78 is 6.86. The van der Waals surface area contributed by atoms with Crippen LogP contribution in [-0.2, 0) is 0 Å². The van der Waals surface area contributed by atoms with E-state index in [1.54, 1.807) is 24.3 Å². The molecule has 3 aromatic rings. The summed E-state index contributed by atoms with van der Waals surface area (Å²) in [7, 11) is 0. The summed E-state index contributed by atoms with van der Waals surface area (Å²) in [4.78, 5) is 11.7. The van der Waals surface area contributed by atoms with Gasteiger partial charge in [0.05, 0.1) is 0 Å². The lowest BCUT2D eigenvalue weighted by Crippen LogP contribution is -1.86. The molecular weight excluding hydrogens is 280 g/mol. The predicted molar refractivity (Wildman–Crippen MR) is 78.7 cm³/mol. The van der Waals surface area contributed by atoms with Crippen molar-refractivity contribution in [1.82, 2.24) is 0 Å². The Morgan fingerprint density at radius 3 is 2.53 bits per heavy atom. The number of aldehydes is 1. The number of hydrogen-bond acceptors (Lipinski definition) is 3. The average Bonchev–Trinajstić information content (AvgIpc) is 2.79. The number of benzene rings is 2. The smallest absolute Gasteiger partial charge is 0.163 e. The molecule has 0 bridgehead atoms. The molecule has 0 spiro atoms. The van der Waals surface area contributed by atoms with Crippen LogP contribution in [0.1, 0.15) is 9.67 Å². The number of hydrogen-bond donors (Lipinski definition) is 0. The highest BCUT2D eigenvalue weighted by Crippen LogP contribution is 2.39. The second-order valence-corrected chi connectivity index (χ2v) is 5.49. The fourth-order valence-electron chi connectivity index (χ4n) is 1.84. The third-order valence-corrected chi connectivity index (χ3v) is 4.05. The molecular formula is C15H9ClO2S. The van der Waals surface area contributed by atoms with Crippen molar-refractivity contribution < 1.29 is 9.53 Å². The Hall–Kier alpha value is -1.84. The van der Waals surface area contributed by atoms with Crippen LogP contribution in [0.3, 0.4) is 0 Å². The van der Waals surface area contributed by atoms with Gasteiger partial charge in [-0.05, 0) is 36.4 Å². The highest BCUT2D eigenvalue weighted by Gasteiger charge is 2.13. The fourth-order valence-corrected chi connectivity index (χ4v) is 2.92. The standard InChI is InChI=1S/C15H9ClO2S/c16-10-5-7-11(8-6-10)18-15-12-3-1-2-4-13(12)19-14(15)9-17/h1-9H. The summed E-state index contributed by atoms with van der Waals surface area (Å²) in [6.07, 6.45) is 0.829. The van der Waals surface area contributed by atoms with Crippen molar-refractivity contribution >= 4 is 39.3 Å². The number of thiophene rings is 1. The molecule has 0 aliphatic rings. The van der Waals surface area contributed by atoms with Crippen LogP contribution in [-0.4, -0.2) is 6.29 Å². The number of fused-ring (bicyclic) bond motifs is 1. The predicted octanol–water partition coefficient (Wildman–Crippen LogP) is 5.16. The van der Waals surface area contributed by atoms with E-state index in [4.69, 9.17) is 16.3 Å². The van der Waals surface area contributed by atoms with Gasteiger partial charge in [-0.15, -0.1) is 11.3 Å². The van der Waals surface area contributed by atoms with E-state index in [1.165, 1.54) is 11.3 Å². The van der Waals surface area contributed by atoms with Crippen molar-refractivity contribution in [3.05, 3.63) is 58.4 Å². The van der Waals surface area contributed by atoms with E-state index in [0.29, 0.717) is 21.4 Å². The Labute approximate surface area is 119 Å². The van der Waals surface area contributed by atoms with Gasteiger partial charge in [0.1, 0.15) is 10.6 Å². The molecule has 0 fully saturated rings. The zero-order chi connectivity index (χ0) is 13.2. The van der Waals surface area contributed by atoms with E-state index in [1.807, 2.05) is 24.3 Å². The van der Waals surface area contributed by atoms with Gasteiger partial charge in [0.25, 0.3) is 0 Å². The molecule has 1 heterocycles. The highest BCUT2D eigenvalue weighted by atomic mass is 35.5. The molecule has 0 atom stereocenters. The van der Waals surface area contributed by atoms with E-state index in [-0.39, 0.29) is 0 Å². The van der Waals surface area contributed by atoms with Crippen LogP contribution in [0.25, 0.3) is 10.1 Å². The SMILES string of the molecule is O=Cc1sc2ccccc2c1Oc1ccc(Cl)cc1. The van der Waals surface area contributed by atoms with E-state index >= 15 is 0 Å². The van der Waals surface area contributed by atoms with Gasteiger partial charge in [-0.1, -0.05) is 23.7 Å². The molecule has 0 unspecified atom stereocenters. The first-order valence-corrected chi connectivity index (χ1v) is 6.87. The molecule has 94 valence electrons. The van der Waals surface area contributed by atoms with Gasteiger partial charge in [-0.2, -0.15) is 0 Å². The Balaban J connectivity index is 2.08. The monoisotopic (exact) mass is 288 g/mol. The number of ether oxygens (including phenoxy) is 1. The molecule has 0 saturated heterocycles. The molecule has 3 rings (SSSR count). The summed E-state index contributed by atoms with van der Waals surface area (Å²) in [5.74, 6) is 1.27. The van der Waals surface area contributed by atoms with Crippen LogP contribution in [0, 0.1) is 0 Å². The minimum absolute atomic E-state index is 0.594. The minimum atomic E-state index is 0.594. The van der Waals surface area contributed by atoms with Crippen molar-refractivity contribution in [3.8, 4) is 11.5 Å². The molecule has 0 N–H and O–H groups in total. The van der Waals surface area contributed by atoms with Gasteiger partial charge in [0, 0.05) is 15.1 Å². The number of carbonyl (C=O) groups excluding carboxylic acids is 1. The molecule has 0 radical (unpaired) electrons. The first-order chi connectivity index (χ1) is 9.28. The van der Waals surface area contributed by atoms with Gasteiger partial charge in [0.15, 0.2) is 12.0 Å². The van der Waals surface area contributed by atoms with Gasteiger partial charge in [0.2, 0.25) is 0 Å². The van der Waals surface area contributed by atoms with Crippen LogP contribution in [0.2, 0.25) is 5.02 Å². The number of carbonyl (C=O) groups is 1. The lowest BCUT2D eigenvalue weighted by molar-refractivity contribution is 0.112. The summed E-state index contributed by atoms with van der Waals surface area (Å²) in [5, 5.41) is 1.60. The molecule has 19 heavy (non-hydrogen) atoms. The first kappa shape index (κ1) is 12.2. The summed E-state index contributed by atoms with van der Waals surface area (Å²) in [6.45, 7) is 0. The summed E-state index contributed by atoms with van der Waals surface area (Å²) in [5.41, 5.74) is 0. The molecule has 4 heteroatoms. The molecule has 2 nitrogen and oxygen atoms in total. The van der Waals surface area contributed by atoms with Crippen LogP contribution < -0.4 is 4.74 Å². The van der Waals surface area contributed by atoms with Gasteiger partial charge in [-0.3, -0.25) is 4.79 Å². The highest BCUT2D eigenvalue weighted by molar-refractivity contribution is 7.21. The summed E-state index contributed by atoms with van der Waals surface area (Å²) >= 11 is 7.26. The molecule has 0 aliphatic carbocycles. The van der Waals surface area contributed by atoms with Gasteiger partial charge >= 0.3 is 0 Å². The topological polar surface area (TPSA) is 26.3 Å². The second kappa shape index (κ2) is 5.03. The maximum absolute atomic E-state index is 11.2. The van der Waals surface area contributed by atoms with Crippen LogP contribution >= 0.6 is 22.9 Å².